The van der Waals surface area contributed by atoms with Gasteiger partial charge in [0.1, 0.15) is 0 Å². The van der Waals surface area contributed by atoms with Gasteiger partial charge in [0.05, 0.1) is 0 Å². The van der Waals surface area contributed by atoms with Crippen LogP contribution in [-0.4, -0.2) is 15.0 Å². The van der Waals surface area contributed by atoms with Gasteiger partial charge < -0.3 is 37.2 Å². The van der Waals surface area contributed by atoms with Gasteiger partial charge in [0, 0.05) is 78.9 Å². The van der Waals surface area contributed by atoms with Crippen molar-refractivity contribution in [2.45, 2.75) is 20.8 Å². The molecule has 0 saturated carbocycles. The number of allylic oxidation sites excluding steroid dienone is 3. The monoisotopic (exact) mass is 978 g/mol. The van der Waals surface area contributed by atoms with Crippen LogP contribution in [0.5, 0.6) is 0 Å². The van der Waals surface area contributed by atoms with Crippen LogP contribution in [-0.2, 0) is 60.3 Å². The fraction of sp³-hybridized carbons (Fsp3) is 0.111. The molecule has 0 aliphatic rings. The normalized spacial score (nSPS) is 8.45. The summed E-state index contributed by atoms with van der Waals surface area (Å²) >= 11 is 0. The Hall–Kier alpha value is -1.38. The van der Waals surface area contributed by atoms with E-state index in [-0.39, 0.29) is 82.6 Å². The molecule has 0 saturated heterocycles. The largest absolute Gasteiger partial charge is 0.358 e. The zero-order valence-corrected chi connectivity index (χ0v) is 27.2. The van der Waals surface area contributed by atoms with Crippen LogP contribution in [0.4, 0.5) is 0 Å². The van der Waals surface area contributed by atoms with E-state index in [0.29, 0.717) is 0 Å². The van der Waals surface area contributed by atoms with Crippen molar-refractivity contribution in [1.29, 1.82) is 0 Å². The third kappa shape index (κ3) is 25.1. The molecule has 0 aliphatic heterocycles. The van der Waals surface area contributed by atoms with Crippen molar-refractivity contribution in [3.63, 3.8) is 0 Å². The van der Waals surface area contributed by atoms with E-state index >= 15 is 0 Å². The number of aromatic nitrogens is 3. The molecule has 0 aromatic carbocycles. The number of pyridine rings is 3. The molecule has 33 heavy (non-hydrogen) atoms. The van der Waals surface area contributed by atoms with Gasteiger partial charge >= 0.3 is 0 Å². The topological polar surface area (TPSA) is 38.7 Å². The van der Waals surface area contributed by atoms with Crippen LogP contribution in [0, 0.1) is 40.5 Å². The molecule has 0 amide bonds. The summed E-state index contributed by atoms with van der Waals surface area (Å²) < 4.78 is 0. The zero-order valence-electron chi connectivity index (χ0n) is 20.0. The molecule has 0 atom stereocenters. The van der Waals surface area contributed by atoms with Crippen molar-refractivity contribution in [3.05, 3.63) is 131 Å². The molecule has 189 valence electrons. The van der Waals surface area contributed by atoms with Crippen molar-refractivity contribution in [1.82, 2.24) is 15.0 Å². The number of hydrogen-bond donors (Lipinski definition) is 0. The van der Waals surface area contributed by atoms with Crippen molar-refractivity contribution in [3.8, 4) is 0 Å². The number of nitrogens with zero attached hydrogens (tertiary/aromatic N) is 3. The van der Waals surface area contributed by atoms with E-state index in [2.05, 4.69) is 33.2 Å². The predicted molar refractivity (Wildman–Crippen MR) is 132 cm³/mol. The van der Waals surface area contributed by atoms with E-state index in [1.807, 2.05) is 93.6 Å². The fourth-order valence-electron chi connectivity index (χ4n) is 1.83. The number of hydrogen-bond acceptors (Lipinski definition) is 3. The van der Waals surface area contributed by atoms with E-state index in [1.54, 1.807) is 18.6 Å². The molecule has 3 aromatic heterocycles. The maximum absolute atomic E-state index is 4.05. The van der Waals surface area contributed by atoms with E-state index in [4.69, 9.17) is 0 Å². The van der Waals surface area contributed by atoms with Crippen LogP contribution in [0.2, 0.25) is 0 Å². The molecule has 3 heterocycles. The van der Waals surface area contributed by atoms with Crippen molar-refractivity contribution in [2.24, 2.45) is 0 Å². The summed E-state index contributed by atoms with van der Waals surface area (Å²) in [5.41, 5.74) is 2.88. The van der Waals surface area contributed by atoms with Crippen molar-refractivity contribution in [2.75, 3.05) is 0 Å². The molecule has 3 radical (unpaired) electrons. The first-order valence-electron chi connectivity index (χ1n) is 8.54. The van der Waals surface area contributed by atoms with Crippen molar-refractivity contribution >= 4 is 18.2 Å². The molecule has 3 aromatic rings. The molecule has 0 N–H and O–H groups in total. The Balaban J connectivity index is -0.0000000759. The minimum Gasteiger partial charge on any atom is -0.358 e. The summed E-state index contributed by atoms with van der Waals surface area (Å²) in [5.74, 6) is 0. The molecule has 0 spiro atoms. The van der Waals surface area contributed by atoms with Gasteiger partial charge in [0.25, 0.3) is 0 Å². The Labute approximate surface area is 243 Å². The first-order valence-corrected chi connectivity index (χ1v) is 8.54. The van der Waals surface area contributed by atoms with Crippen LogP contribution in [0.3, 0.4) is 0 Å². The molecule has 0 bridgehead atoms. The first kappa shape index (κ1) is 45.2. The second-order valence-corrected chi connectivity index (χ2v) is 5.06. The Morgan fingerprint density at radius 3 is 0.879 bits per heavy atom. The van der Waals surface area contributed by atoms with Gasteiger partial charge in [-0.25, -0.2) is 18.2 Å². The summed E-state index contributed by atoms with van der Waals surface area (Å²) in [6.07, 6.45) is 19.5. The third-order valence-corrected chi connectivity index (χ3v) is 2.94. The summed E-state index contributed by atoms with van der Waals surface area (Å²) in [7, 11) is 0. The predicted octanol–water partition coefficient (Wildman–Crippen LogP) is 7.10. The molecule has 3 rings (SSSR count). The number of rotatable bonds is 3. The molecule has 0 aliphatic carbocycles. The van der Waals surface area contributed by atoms with Gasteiger partial charge in [-0.1, -0.05) is 35.3 Å². The van der Waals surface area contributed by atoms with Crippen LogP contribution in [0.15, 0.2) is 73.2 Å². The average Bonchev–Trinajstić information content (AvgIpc) is 2.72. The molecular weight excluding hydrogens is 943 g/mol. The molecule has 0 unspecified atom stereocenters. The third-order valence-electron chi connectivity index (χ3n) is 2.94. The van der Waals surface area contributed by atoms with Crippen LogP contribution < -0.4 is 0 Å². The van der Waals surface area contributed by atoms with Crippen LogP contribution in [0.25, 0.3) is 18.2 Å². The van der Waals surface area contributed by atoms with Gasteiger partial charge in [-0.05, 0) is 18.2 Å². The zero-order chi connectivity index (χ0) is 19.6. The van der Waals surface area contributed by atoms with E-state index in [0.717, 1.165) is 17.1 Å². The SMILES string of the molecule is C[C-]=Cc1ccccn1.C[C-]=Cc1ccccn1.C[C-]=Cc1ccccn1.[CH3-].[CH3-].[CH3-].[Ir].[Ir].[Ir]. The summed E-state index contributed by atoms with van der Waals surface area (Å²) in [6.45, 7) is 5.57. The fourth-order valence-corrected chi connectivity index (χ4v) is 1.83. The second kappa shape index (κ2) is 32.8. The van der Waals surface area contributed by atoms with Gasteiger partial charge in [0.15, 0.2) is 0 Å². The maximum Gasteiger partial charge on any atom is 0.00534 e. The Morgan fingerprint density at radius 1 is 0.485 bits per heavy atom. The Kier molecular flexibility index (Phi) is 44.9. The summed E-state index contributed by atoms with van der Waals surface area (Å²) in [4.78, 5) is 12.2. The van der Waals surface area contributed by atoms with Gasteiger partial charge in [-0.2, -0.15) is 0 Å². The molecule has 3 nitrogen and oxygen atoms in total. The Bertz CT molecular complexity index is 695. The second-order valence-electron chi connectivity index (χ2n) is 5.06. The smallest absolute Gasteiger partial charge is 0.00534 e. The quantitative estimate of drug-likeness (QED) is 0.264. The first-order chi connectivity index (χ1) is 13.3. The minimum atomic E-state index is 0. The van der Waals surface area contributed by atoms with Gasteiger partial charge in [-0.3, -0.25) is 18.2 Å². The van der Waals surface area contributed by atoms with Gasteiger partial charge in [-0.15, -0.1) is 39.0 Å². The Morgan fingerprint density at radius 2 is 0.727 bits per heavy atom. The molecule has 6 heteroatoms. The summed E-state index contributed by atoms with van der Waals surface area (Å²) in [5, 5.41) is 0. The van der Waals surface area contributed by atoms with Crippen LogP contribution >= 0.6 is 0 Å². The maximum atomic E-state index is 4.05. The van der Waals surface area contributed by atoms with Gasteiger partial charge in [0.2, 0.25) is 0 Å². The standard InChI is InChI=1S/3C8H8N.3CH3.3Ir/c3*1-2-5-8-6-3-4-7-9-8;;;;;;/h3*3-7H,1H3;3*1H3;;;/q6*-1;;;. The van der Waals surface area contributed by atoms with E-state index < -0.39 is 0 Å². The summed E-state index contributed by atoms with van der Waals surface area (Å²) in [6, 6.07) is 17.4. The molecule has 0 fully saturated rings. The molecular formula is C27H33Ir3N3-6. The van der Waals surface area contributed by atoms with E-state index in [1.165, 1.54) is 0 Å². The van der Waals surface area contributed by atoms with E-state index in [9.17, 15) is 0 Å². The minimum absolute atomic E-state index is 0. The van der Waals surface area contributed by atoms with Crippen LogP contribution in [0.1, 0.15) is 37.9 Å². The van der Waals surface area contributed by atoms with Crippen molar-refractivity contribution < 1.29 is 60.3 Å². The average molecular weight is 976 g/mol.